The molecule has 200 valence electrons. The van der Waals surface area contributed by atoms with Gasteiger partial charge in [-0.05, 0) is 48.6 Å². The molecule has 0 saturated carbocycles. The van der Waals surface area contributed by atoms with Crippen LogP contribution in [0.5, 0.6) is 0 Å². The Morgan fingerprint density at radius 1 is 0.515 bits per heavy atom. The van der Waals surface area contributed by atoms with Gasteiger partial charge in [0.25, 0.3) is 0 Å². The molecule has 0 rings (SSSR count). The third kappa shape index (κ3) is 27.8. The lowest BCUT2D eigenvalue weighted by Gasteiger charge is -2.21. The van der Waals surface area contributed by atoms with Gasteiger partial charge >= 0.3 is 0 Å². The summed E-state index contributed by atoms with van der Waals surface area (Å²) in [6.45, 7) is 21.4. The summed E-state index contributed by atoms with van der Waals surface area (Å²) in [6, 6.07) is 0. The molecule has 0 amide bonds. The average Bonchev–Trinajstić information content (AvgIpc) is 2.72. The van der Waals surface area contributed by atoms with E-state index in [0.717, 1.165) is 19.6 Å². The van der Waals surface area contributed by atoms with Gasteiger partial charge in [0.2, 0.25) is 0 Å². The first-order chi connectivity index (χ1) is 15.6. The molecule has 0 radical (unpaired) electrons. The van der Waals surface area contributed by atoms with E-state index >= 15 is 0 Å². The Labute approximate surface area is 202 Å². The van der Waals surface area contributed by atoms with Crippen molar-refractivity contribution in [1.82, 2.24) is 16.0 Å². The van der Waals surface area contributed by atoms with E-state index in [1.165, 1.54) is 0 Å². The first kappa shape index (κ1) is 32.6. The van der Waals surface area contributed by atoms with E-state index in [0.29, 0.717) is 72.7 Å². The van der Waals surface area contributed by atoms with Crippen LogP contribution in [0, 0.1) is 0 Å². The van der Waals surface area contributed by atoms with Crippen LogP contribution >= 0.6 is 0 Å². The zero-order valence-corrected chi connectivity index (χ0v) is 22.4. The van der Waals surface area contributed by atoms with Crippen molar-refractivity contribution in [2.45, 2.75) is 58.7 Å². The minimum atomic E-state index is -0.150. The molecule has 0 aromatic heterocycles. The van der Waals surface area contributed by atoms with Gasteiger partial charge in [-0.2, -0.15) is 0 Å². The first-order valence-electron chi connectivity index (χ1n) is 12.3. The van der Waals surface area contributed by atoms with Crippen molar-refractivity contribution in [2.24, 2.45) is 0 Å². The number of hydrogen-bond acceptors (Lipinski definition) is 9. The monoisotopic (exact) mass is 479 g/mol. The Hall–Kier alpha value is -0.360. The third-order valence-electron chi connectivity index (χ3n) is 4.23. The van der Waals surface area contributed by atoms with E-state index in [-0.39, 0.29) is 17.2 Å². The summed E-state index contributed by atoms with van der Waals surface area (Å²) in [7, 11) is 1.90. The summed E-state index contributed by atoms with van der Waals surface area (Å²) in [4.78, 5) is 0. The van der Waals surface area contributed by atoms with Gasteiger partial charge in [0, 0.05) is 30.7 Å². The SMILES string of the molecule is CNCCOCCOC(COCCOCCNC(C)(C)C)COCCOCCNC(C)(C)C. The summed E-state index contributed by atoms with van der Waals surface area (Å²) in [5.41, 5.74) is 0.213. The average molecular weight is 480 g/mol. The van der Waals surface area contributed by atoms with Gasteiger partial charge in [-0.3, -0.25) is 0 Å². The minimum absolute atomic E-state index is 0.107. The predicted molar refractivity (Wildman–Crippen MR) is 133 cm³/mol. The lowest BCUT2D eigenvalue weighted by atomic mass is 10.1. The maximum absolute atomic E-state index is 5.89. The molecule has 9 heteroatoms. The lowest BCUT2D eigenvalue weighted by molar-refractivity contribution is -0.0829. The standard InChI is InChI=1S/C24H53N3O6/c1-23(2,3)26-9-12-29-14-16-31-20-22(33-19-18-28-11-8-25-7)21-32-17-15-30-13-10-27-24(4,5)6/h22,25-27H,8-21H2,1-7H3. The Morgan fingerprint density at radius 2 is 0.909 bits per heavy atom. The van der Waals surface area contributed by atoms with E-state index in [4.69, 9.17) is 28.4 Å². The molecular formula is C24H53N3O6. The number of hydrogen-bond donors (Lipinski definition) is 3. The van der Waals surface area contributed by atoms with Crippen LogP contribution in [0.15, 0.2) is 0 Å². The van der Waals surface area contributed by atoms with Gasteiger partial charge in [0.1, 0.15) is 6.10 Å². The summed E-state index contributed by atoms with van der Waals surface area (Å²) in [5, 5.41) is 9.83. The molecule has 0 aliphatic heterocycles. The highest BCUT2D eigenvalue weighted by molar-refractivity contribution is 4.70. The van der Waals surface area contributed by atoms with E-state index in [1.807, 2.05) is 7.05 Å². The Bertz CT molecular complexity index is 386. The van der Waals surface area contributed by atoms with Crippen molar-refractivity contribution in [1.29, 1.82) is 0 Å². The number of likely N-dealkylation sites (N-methyl/N-ethyl adjacent to an activating group) is 1. The fraction of sp³-hybridized carbons (Fsp3) is 1.00. The Kier molecular flexibility index (Phi) is 20.7. The van der Waals surface area contributed by atoms with Crippen molar-refractivity contribution in [2.75, 3.05) is 99.4 Å². The fourth-order valence-electron chi connectivity index (χ4n) is 2.56. The molecule has 3 N–H and O–H groups in total. The summed E-state index contributed by atoms with van der Waals surface area (Å²) in [6.07, 6.45) is -0.150. The molecule has 0 spiro atoms. The second-order valence-electron chi connectivity index (χ2n) is 9.94. The van der Waals surface area contributed by atoms with Crippen molar-refractivity contribution >= 4 is 0 Å². The second kappa shape index (κ2) is 21.0. The van der Waals surface area contributed by atoms with Crippen molar-refractivity contribution in [3.63, 3.8) is 0 Å². The van der Waals surface area contributed by atoms with Crippen LogP contribution < -0.4 is 16.0 Å². The molecule has 9 nitrogen and oxygen atoms in total. The van der Waals surface area contributed by atoms with Gasteiger partial charge in [-0.25, -0.2) is 0 Å². The van der Waals surface area contributed by atoms with E-state index in [9.17, 15) is 0 Å². The maximum atomic E-state index is 5.89. The summed E-state index contributed by atoms with van der Waals surface area (Å²) < 4.78 is 34.1. The van der Waals surface area contributed by atoms with Gasteiger partial charge in [0.15, 0.2) is 0 Å². The fourth-order valence-corrected chi connectivity index (χ4v) is 2.56. The molecular weight excluding hydrogens is 426 g/mol. The molecule has 33 heavy (non-hydrogen) atoms. The zero-order valence-electron chi connectivity index (χ0n) is 22.4. The molecule has 0 aliphatic rings. The van der Waals surface area contributed by atoms with Crippen molar-refractivity contribution in [3.8, 4) is 0 Å². The second-order valence-corrected chi connectivity index (χ2v) is 9.94. The van der Waals surface area contributed by atoms with Crippen LogP contribution in [0.1, 0.15) is 41.5 Å². The van der Waals surface area contributed by atoms with Gasteiger partial charge < -0.3 is 44.4 Å². The highest BCUT2D eigenvalue weighted by Crippen LogP contribution is 1.99. The van der Waals surface area contributed by atoms with Crippen LogP contribution in [0.4, 0.5) is 0 Å². The van der Waals surface area contributed by atoms with Crippen LogP contribution in [0.3, 0.4) is 0 Å². The normalized spacial score (nSPS) is 12.7. The number of rotatable bonds is 23. The van der Waals surface area contributed by atoms with Crippen LogP contribution in [0.2, 0.25) is 0 Å². The molecule has 0 atom stereocenters. The quantitative estimate of drug-likeness (QED) is 0.188. The highest BCUT2D eigenvalue weighted by Gasteiger charge is 2.11. The van der Waals surface area contributed by atoms with E-state index in [1.54, 1.807) is 0 Å². The lowest BCUT2D eigenvalue weighted by Crippen LogP contribution is -2.38. The summed E-state index contributed by atoms with van der Waals surface area (Å²) in [5.74, 6) is 0. The minimum Gasteiger partial charge on any atom is -0.378 e. The topological polar surface area (TPSA) is 91.5 Å². The molecule has 0 bridgehead atoms. The van der Waals surface area contributed by atoms with Crippen molar-refractivity contribution < 1.29 is 28.4 Å². The van der Waals surface area contributed by atoms with Crippen LogP contribution in [-0.4, -0.2) is 117 Å². The molecule has 0 unspecified atom stereocenters. The third-order valence-corrected chi connectivity index (χ3v) is 4.23. The number of ether oxygens (including phenoxy) is 6. The maximum Gasteiger partial charge on any atom is 0.104 e. The number of nitrogens with one attached hydrogen (secondary N) is 3. The molecule has 0 fully saturated rings. The predicted octanol–water partition coefficient (Wildman–Crippen LogP) is 1.45. The van der Waals surface area contributed by atoms with E-state index in [2.05, 4.69) is 57.5 Å². The summed E-state index contributed by atoms with van der Waals surface area (Å²) >= 11 is 0. The zero-order chi connectivity index (χ0) is 24.8. The largest absolute Gasteiger partial charge is 0.378 e. The smallest absolute Gasteiger partial charge is 0.104 e. The highest BCUT2D eigenvalue weighted by atomic mass is 16.6. The molecule has 0 aromatic carbocycles. The van der Waals surface area contributed by atoms with Gasteiger partial charge in [-0.15, -0.1) is 0 Å². The Morgan fingerprint density at radius 3 is 1.33 bits per heavy atom. The molecule has 0 saturated heterocycles. The van der Waals surface area contributed by atoms with Crippen LogP contribution in [0.25, 0.3) is 0 Å². The molecule has 0 aromatic rings. The van der Waals surface area contributed by atoms with Crippen molar-refractivity contribution in [3.05, 3.63) is 0 Å². The molecule has 0 heterocycles. The van der Waals surface area contributed by atoms with E-state index < -0.39 is 0 Å². The van der Waals surface area contributed by atoms with Gasteiger partial charge in [-0.1, -0.05) is 0 Å². The molecule has 0 aliphatic carbocycles. The van der Waals surface area contributed by atoms with Crippen LogP contribution in [-0.2, 0) is 28.4 Å². The Balaban J connectivity index is 3.91. The van der Waals surface area contributed by atoms with Gasteiger partial charge in [0.05, 0.1) is 72.7 Å². The first-order valence-corrected chi connectivity index (χ1v) is 12.3.